The van der Waals surface area contributed by atoms with Crippen LogP contribution in [0.15, 0.2) is 64.5 Å². The fourth-order valence-electron chi connectivity index (χ4n) is 4.17. The number of piperidine rings is 1. The molecule has 0 atom stereocenters. The van der Waals surface area contributed by atoms with E-state index < -0.39 is 0 Å². The van der Waals surface area contributed by atoms with Gasteiger partial charge in [-0.2, -0.15) is 0 Å². The maximum absolute atomic E-state index is 13.2. The molecule has 0 bridgehead atoms. The number of carbonyl (C=O) groups is 1. The molecule has 1 amide bonds. The normalized spacial score (nSPS) is 15.1. The van der Waals surface area contributed by atoms with Crippen LogP contribution in [0.5, 0.6) is 0 Å². The summed E-state index contributed by atoms with van der Waals surface area (Å²) in [6.07, 6.45) is 3.38. The van der Waals surface area contributed by atoms with Gasteiger partial charge in [0.05, 0.1) is 16.7 Å². The van der Waals surface area contributed by atoms with Gasteiger partial charge in [-0.05, 0) is 62.5 Å². The van der Waals surface area contributed by atoms with Crippen LogP contribution >= 0.6 is 11.8 Å². The van der Waals surface area contributed by atoms with E-state index in [0.717, 1.165) is 37.5 Å². The molecule has 0 spiro atoms. The minimum atomic E-state index is -0.0692. The van der Waals surface area contributed by atoms with Crippen molar-refractivity contribution in [3.8, 4) is 0 Å². The van der Waals surface area contributed by atoms with Gasteiger partial charge in [0.2, 0.25) is 5.91 Å². The molecule has 1 aliphatic heterocycles. The van der Waals surface area contributed by atoms with Gasteiger partial charge in [-0.15, -0.1) is 0 Å². The van der Waals surface area contributed by atoms with Crippen LogP contribution in [0.2, 0.25) is 0 Å². The molecule has 1 N–H and O–H groups in total. The third kappa shape index (κ3) is 6.45. The van der Waals surface area contributed by atoms with Gasteiger partial charge in [-0.1, -0.05) is 61.2 Å². The zero-order valence-corrected chi connectivity index (χ0v) is 20.0. The van der Waals surface area contributed by atoms with E-state index in [9.17, 15) is 9.59 Å². The van der Waals surface area contributed by atoms with E-state index in [-0.39, 0.29) is 17.2 Å². The zero-order chi connectivity index (χ0) is 23.0. The summed E-state index contributed by atoms with van der Waals surface area (Å²) in [7, 11) is 0. The number of thioether (sulfide) groups is 1. The maximum atomic E-state index is 13.2. The van der Waals surface area contributed by atoms with Crippen molar-refractivity contribution < 1.29 is 4.79 Å². The van der Waals surface area contributed by atoms with Crippen LogP contribution in [-0.2, 0) is 17.9 Å². The molecule has 0 aliphatic carbocycles. The molecule has 7 heteroatoms. The smallest absolute Gasteiger partial charge is 0.262 e. The van der Waals surface area contributed by atoms with Gasteiger partial charge in [0.15, 0.2) is 5.16 Å². The van der Waals surface area contributed by atoms with Gasteiger partial charge in [-0.25, -0.2) is 4.98 Å². The van der Waals surface area contributed by atoms with Crippen molar-refractivity contribution in [2.24, 2.45) is 5.92 Å². The first-order chi connectivity index (χ1) is 16.1. The molecule has 3 aromatic rings. The Labute approximate surface area is 199 Å². The molecule has 2 heterocycles. The molecule has 33 heavy (non-hydrogen) atoms. The van der Waals surface area contributed by atoms with Crippen molar-refractivity contribution in [2.45, 2.75) is 44.4 Å². The maximum Gasteiger partial charge on any atom is 0.262 e. The van der Waals surface area contributed by atoms with Crippen molar-refractivity contribution >= 4 is 28.6 Å². The third-order valence-corrected chi connectivity index (χ3v) is 7.20. The van der Waals surface area contributed by atoms with Crippen molar-refractivity contribution in [1.82, 2.24) is 19.8 Å². The van der Waals surface area contributed by atoms with Crippen LogP contribution < -0.4 is 10.9 Å². The lowest BCUT2D eigenvalue weighted by Crippen LogP contribution is -2.34. The van der Waals surface area contributed by atoms with Gasteiger partial charge in [0.25, 0.3) is 5.56 Å². The first-order valence-electron chi connectivity index (χ1n) is 11.8. The van der Waals surface area contributed by atoms with Gasteiger partial charge >= 0.3 is 0 Å². The molecule has 2 aromatic carbocycles. The number of hydrogen-bond acceptors (Lipinski definition) is 5. The first kappa shape index (κ1) is 23.5. The van der Waals surface area contributed by atoms with Crippen LogP contribution in [0.4, 0.5) is 0 Å². The van der Waals surface area contributed by atoms with Crippen molar-refractivity contribution in [3.63, 3.8) is 0 Å². The number of rotatable bonds is 9. The molecule has 0 saturated carbocycles. The molecule has 1 aromatic heterocycles. The lowest BCUT2D eigenvalue weighted by atomic mass is 9.99. The van der Waals surface area contributed by atoms with Crippen LogP contribution in [0.1, 0.15) is 31.7 Å². The molecule has 174 valence electrons. The Kier molecular flexibility index (Phi) is 8.18. The van der Waals surface area contributed by atoms with E-state index in [2.05, 4.69) is 17.1 Å². The van der Waals surface area contributed by atoms with Crippen molar-refractivity contribution in [2.75, 3.05) is 25.4 Å². The third-order valence-electron chi connectivity index (χ3n) is 6.22. The summed E-state index contributed by atoms with van der Waals surface area (Å²) < 4.78 is 1.75. The minimum absolute atomic E-state index is 0.0277. The highest BCUT2D eigenvalue weighted by Crippen LogP contribution is 2.19. The first-order valence-corrected chi connectivity index (χ1v) is 12.7. The summed E-state index contributed by atoms with van der Waals surface area (Å²) in [6.45, 7) is 6.67. The number of nitrogens with zero attached hydrogens (tertiary/aromatic N) is 3. The Morgan fingerprint density at radius 2 is 1.79 bits per heavy atom. The second-order valence-electron chi connectivity index (χ2n) is 8.80. The Balaban J connectivity index is 1.41. The standard InChI is InChI=1S/C26H32N4O2S/c1-20-12-16-29(17-13-20)14-7-15-30-25(32)22-10-5-6-11-23(22)28-26(30)33-19-24(31)27-18-21-8-3-2-4-9-21/h2-6,8-11,20H,7,12-19H2,1H3,(H,27,31). The van der Waals surface area contributed by atoms with E-state index in [1.165, 1.54) is 24.6 Å². The topological polar surface area (TPSA) is 67.2 Å². The summed E-state index contributed by atoms with van der Waals surface area (Å²) in [5.41, 5.74) is 1.71. The number of nitrogens with one attached hydrogen (secondary N) is 1. The van der Waals surface area contributed by atoms with E-state index >= 15 is 0 Å². The fourth-order valence-corrected chi connectivity index (χ4v) is 5.03. The monoisotopic (exact) mass is 464 g/mol. The Hall–Kier alpha value is -2.64. The molecule has 0 radical (unpaired) electrons. The number of likely N-dealkylation sites (tertiary alicyclic amines) is 1. The number of amides is 1. The molecular formula is C26H32N4O2S. The minimum Gasteiger partial charge on any atom is -0.351 e. The Bertz CT molecular complexity index is 1120. The molecular weight excluding hydrogens is 432 g/mol. The molecule has 6 nitrogen and oxygen atoms in total. The van der Waals surface area contributed by atoms with Gasteiger partial charge < -0.3 is 10.2 Å². The van der Waals surface area contributed by atoms with E-state index in [1.54, 1.807) is 4.57 Å². The predicted octanol–water partition coefficient (Wildman–Crippen LogP) is 3.93. The summed E-state index contributed by atoms with van der Waals surface area (Å²) in [5, 5.41) is 4.19. The summed E-state index contributed by atoms with van der Waals surface area (Å²) in [6, 6.07) is 17.3. The van der Waals surface area contributed by atoms with Crippen LogP contribution in [0, 0.1) is 5.92 Å². The summed E-state index contributed by atoms with van der Waals surface area (Å²) in [4.78, 5) is 32.9. The second kappa shape index (κ2) is 11.5. The molecule has 4 rings (SSSR count). The van der Waals surface area contributed by atoms with E-state index in [0.29, 0.717) is 29.1 Å². The number of benzene rings is 2. The highest BCUT2D eigenvalue weighted by molar-refractivity contribution is 7.99. The van der Waals surface area contributed by atoms with Gasteiger partial charge in [0, 0.05) is 13.1 Å². The molecule has 1 saturated heterocycles. The molecule has 1 aliphatic rings. The summed E-state index contributed by atoms with van der Waals surface area (Å²) in [5.74, 6) is 0.964. The number of hydrogen-bond donors (Lipinski definition) is 1. The SMILES string of the molecule is CC1CCN(CCCn2c(SCC(=O)NCc3ccccc3)nc3ccccc3c2=O)CC1. The number of carbonyl (C=O) groups excluding carboxylic acids is 1. The van der Waals surface area contributed by atoms with Gasteiger partial charge in [0.1, 0.15) is 0 Å². The van der Waals surface area contributed by atoms with E-state index in [4.69, 9.17) is 4.98 Å². The number of para-hydroxylation sites is 1. The number of aromatic nitrogens is 2. The Morgan fingerprint density at radius 3 is 2.58 bits per heavy atom. The average Bonchev–Trinajstić information content (AvgIpc) is 2.85. The van der Waals surface area contributed by atoms with Crippen LogP contribution in [0.3, 0.4) is 0 Å². The summed E-state index contributed by atoms with van der Waals surface area (Å²) >= 11 is 1.33. The fraction of sp³-hybridized carbons (Fsp3) is 0.423. The highest BCUT2D eigenvalue weighted by Gasteiger charge is 2.17. The number of fused-ring (bicyclic) bond motifs is 1. The lowest BCUT2D eigenvalue weighted by molar-refractivity contribution is -0.118. The van der Waals surface area contributed by atoms with E-state index in [1.807, 2.05) is 54.6 Å². The molecule has 1 fully saturated rings. The zero-order valence-electron chi connectivity index (χ0n) is 19.2. The quantitative estimate of drug-likeness (QED) is 0.384. The van der Waals surface area contributed by atoms with Crippen LogP contribution in [-0.4, -0.2) is 45.7 Å². The van der Waals surface area contributed by atoms with Crippen LogP contribution in [0.25, 0.3) is 10.9 Å². The van der Waals surface area contributed by atoms with Gasteiger partial charge in [-0.3, -0.25) is 14.2 Å². The van der Waals surface area contributed by atoms with Crippen molar-refractivity contribution in [1.29, 1.82) is 0 Å². The second-order valence-corrected chi connectivity index (χ2v) is 9.74. The Morgan fingerprint density at radius 1 is 1.06 bits per heavy atom. The van der Waals surface area contributed by atoms with Crippen molar-refractivity contribution in [3.05, 3.63) is 70.5 Å². The largest absolute Gasteiger partial charge is 0.351 e. The lowest BCUT2D eigenvalue weighted by Gasteiger charge is -2.30. The molecule has 0 unspecified atom stereocenters. The average molecular weight is 465 g/mol. The highest BCUT2D eigenvalue weighted by atomic mass is 32.2. The predicted molar refractivity (Wildman–Crippen MR) is 134 cm³/mol.